The number of nitrogens with one attached hydrogen (secondary N) is 1. The van der Waals surface area contributed by atoms with Crippen LogP contribution in [0.4, 0.5) is 5.69 Å². The standard InChI is InChI=1S/C51H36N2/c1-2-3-20-43-42-22-12-13-23-44(42)47-28-27-40(45-24-14-25-46(43)49(45)47)39-31-34(30-38(32-39)35-15-6-4-7-16-35)33-53-48-29-26-36-17-10-11-21-41(36)50(48)51(52)37-18-8-5-9-19-37/h2-21,23-33,52H,1,22H2/b20-3-,52-51?,53-33+. The molecule has 0 saturated carbocycles. The lowest BCUT2D eigenvalue weighted by molar-refractivity contribution is 1.24. The van der Waals surface area contributed by atoms with Gasteiger partial charge >= 0.3 is 0 Å². The van der Waals surface area contributed by atoms with Crippen LogP contribution in [0.3, 0.4) is 0 Å². The maximum absolute atomic E-state index is 9.32. The molecule has 250 valence electrons. The largest absolute Gasteiger partial charge is 0.300 e. The molecule has 0 spiro atoms. The van der Waals surface area contributed by atoms with Gasteiger partial charge in [0.25, 0.3) is 0 Å². The Balaban J connectivity index is 1.24. The number of aliphatic imine (C=N–C) groups is 1. The average molecular weight is 677 g/mol. The Labute approximate surface area is 309 Å². The molecule has 53 heavy (non-hydrogen) atoms. The molecule has 8 aromatic rings. The SMILES string of the molecule is C=C/C=C\c1c2c(c3ccc(-c4cc(/C=N/c5ccc6ccccc6c5C(=N)c5ccccc5)cc(-c5ccccc5)c4)c4cccc1c43)=CC=CC2. The average Bonchev–Trinajstić information content (AvgIpc) is 3.23. The first-order chi connectivity index (χ1) is 26.2. The lowest BCUT2D eigenvalue weighted by Gasteiger charge is -2.19. The van der Waals surface area contributed by atoms with Crippen molar-refractivity contribution in [2.24, 2.45) is 4.99 Å². The minimum Gasteiger partial charge on any atom is -0.300 e. The Morgan fingerprint density at radius 2 is 1.42 bits per heavy atom. The predicted octanol–water partition coefficient (Wildman–Crippen LogP) is 12.5. The van der Waals surface area contributed by atoms with Gasteiger partial charge in [0.1, 0.15) is 0 Å². The normalized spacial score (nSPS) is 12.5. The number of nitrogens with zero attached hydrogens (tertiary/aromatic N) is 1. The summed E-state index contributed by atoms with van der Waals surface area (Å²) >= 11 is 0. The zero-order valence-corrected chi connectivity index (χ0v) is 29.3. The molecular formula is C51H36N2. The molecule has 0 aliphatic heterocycles. The molecule has 1 aliphatic rings. The first-order valence-electron chi connectivity index (χ1n) is 18.0. The summed E-state index contributed by atoms with van der Waals surface area (Å²) in [5.74, 6) is 0. The van der Waals surface area contributed by atoms with Crippen LogP contribution in [0.15, 0.2) is 181 Å². The summed E-state index contributed by atoms with van der Waals surface area (Å²) in [6.45, 7) is 3.95. The second-order valence-corrected chi connectivity index (χ2v) is 13.5. The summed E-state index contributed by atoms with van der Waals surface area (Å²) < 4.78 is 0. The van der Waals surface area contributed by atoms with Gasteiger partial charge in [-0.05, 0) is 107 Å². The number of allylic oxidation sites excluding steroid dienone is 4. The maximum atomic E-state index is 9.32. The Kier molecular flexibility index (Phi) is 8.26. The van der Waals surface area contributed by atoms with Crippen LogP contribution in [-0.4, -0.2) is 11.9 Å². The summed E-state index contributed by atoms with van der Waals surface area (Å²) in [7, 11) is 0. The lowest BCUT2D eigenvalue weighted by atomic mass is 9.85. The summed E-state index contributed by atoms with van der Waals surface area (Å²) in [5.41, 5.74) is 11.1. The molecular weight excluding hydrogens is 641 g/mol. The van der Waals surface area contributed by atoms with E-state index in [1.807, 2.05) is 66.9 Å². The molecule has 0 atom stereocenters. The zero-order valence-electron chi connectivity index (χ0n) is 29.3. The van der Waals surface area contributed by atoms with Crippen molar-refractivity contribution < 1.29 is 0 Å². The molecule has 0 radical (unpaired) electrons. The fourth-order valence-corrected chi connectivity index (χ4v) is 7.90. The molecule has 1 N–H and O–H groups in total. The van der Waals surface area contributed by atoms with Crippen LogP contribution < -0.4 is 5.22 Å². The van der Waals surface area contributed by atoms with E-state index in [0.29, 0.717) is 5.71 Å². The van der Waals surface area contributed by atoms with Crippen LogP contribution in [-0.2, 0) is 6.42 Å². The van der Waals surface area contributed by atoms with Crippen LogP contribution >= 0.6 is 0 Å². The van der Waals surface area contributed by atoms with E-state index in [1.54, 1.807) is 0 Å². The Morgan fingerprint density at radius 1 is 0.660 bits per heavy atom. The third kappa shape index (κ3) is 5.81. The molecule has 8 aromatic carbocycles. The van der Waals surface area contributed by atoms with Gasteiger partial charge in [-0.2, -0.15) is 0 Å². The molecule has 0 heterocycles. The van der Waals surface area contributed by atoms with E-state index in [-0.39, 0.29) is 0 Å². The van der Waals surface area contributed by atoms with Gasteiger partial charge < -0.3 is 0 Å². The van der Waals surface area contributed by atoms with Crippen molar-refractivity contribution in [3.8, 4) is 22.3 Å². The van der Waals surface area contributed by atoms with E-state index in [1.165, 1.54) is 43.5 Å². The minimum atomic E-state index is 0.458. The van der Waals surface area contributed by atoms with Crippen molar-refractivity contribution in [3.05, 3.63) is 210 Å². The van der Waals surface area contributed by atoms with E-state index in [2.05, 4.69) is 128 Å². The van der Waals surface area contributed by atoms with Crippen LogP contribution in [0, 0.1) is 5.41 Å². The molecule has 2 nitrogen and oxygen atoms in total. The van der Waals surface area contributed by atoms with Gasteiger partial charge in [-0.15, -0.1) is 0 Å². The fourth-order valence-electron chi connectivity index (χ4n) is 7.90. The van der Waals surface area contributed by atoms with Gasteiger partial charge in [-0.25, -0.2) is 0 Å². The first-order valence-corrected chi connectivity index (χ1v) is 18.0. The van der Waals surface area contributed by atoms with E-state index in [0.717, 1.165) is 56.3 Å². The first kappa shape index (κ1) is 32.0. The smallest absolute Gasteiger partial charge is 0.0730 e. The van der Waals surface area contributed by atoms with Crippen molar-refractivity contribution in [1.29, 1.82) is 5.41 Å². The Bertz CT molecular complexity index is 2870. The molecule has 0 fully saturated rings. The number of hydrogen-bond donors (Lipinski definition) is 1. The topological polar surface area (TPSA) is 36.2 Å². The molecule has 0 saturated heterocycles. The molecule has 0 amide bonds. The van der Waals surface area contributed by atoms with Gasteiger partial charge in [-0.3, -0.25) is 10.4 Å². The highest BCUT2D eigenvalue weighted by Crippen LogP contribution is 2.39. The summed E-state index contributed by atoms with van der Waals surface area (Å²) in [6, 6.07) is 50.9. The maximum Gasteiger partial charge on any atom is 0.0730 e. The van der Waals surface area contributed by atoms with E-state index >= 15 is 0 Å². The van der Waals surface area contributed by atoms with Gasteiger partial charge in [-0.1, -0.05) is 164 Å². The third-order valence-corrected chi connectivity index (χ3v) is 10.3. The summed E-state index contributed by atoms with van der Waals surface area (Å²) in [4.78, 5) is 5.14. The highest BCUT2D eigenvalue weighted by Gasteiger charge is 2.18. The molecule has 2 heteroatoms. The van der Waals surface area contributed by atoms with Crippen molar-refractivity contribution in [1.82, 2.24) is 0 Å². The third-order valence-electron chi connectivity index (χ3n) is 10.3. The van der Waals surface area contributed by atoms with Crippen LogP contribution in [0.1, 0.15) is 27.8 Å². The van der Waals surface area contributed by atoms with Crippen molar-refractivity contribution in [2.75, 3.05) is 0 Å². The molecule has 0 unspecified atom stereocenters. The molecule has 0 bridgehead atoms. The summed E-state index contributed by atoms with van der Waals surface area (Å²) in [5, 5.41) is 17.7. The molecule has 9 rings (SSSR count). The number of hydrogen-bond acceptors (Lipinski definition) is 2. The van der Waals surface area contributed by atoms with Crippen molar-refractivity contribution in [2.45, 2.75) is 6.42 Å². The fraction of sp³-hybridized carbons (Fsp3) is 0.0196. The summed E-state index contributed by atoms with van der Waals surface area (Å²) in [6.07, 6.45) is 15.7. The Morgan fingerprint density at radius 3 is 2.26 bits per heavy atom. The van der Waals surface area contributed by atoms with Gasteiger partial charge in [0.15, 0.2) is 0 Å². The second-order valence-electron chi connectivity index (χ2n) is 13.5. The highest BCUT2D eigenvalue weighted by molar-refractivity contribution is 6.21. The van der Waals surface area contributed by atoms with E-state index in [9.17, 15) is 5.41 Å². The monoisotopic (exact) mass is 676 g/mol. The van der Waals surface area contributed by atoms with Gasteiger partial charge in [0.2, 0.25) is 0 Å². The van der Waals surface area contributed by atoms with Crippen LogP contribution in [0.5, 0.6) is 0 Å². The zero-order chi connectivity index (χ0) is 35.7. The van der Waals surface area contributed by atoms with Crippen LogP contribution in [0.2, 0.25) is 0 Å². The minimum absolute atomic E-state index is 0.458. The Hall–Kier alpha value is -6.90. The molecule has 1 aliphatic carbocycles. The molecule has 0 aromatic heterocycles. The van der Waals surface area contributed by atoms with Gasteiger partial charge in [0, 0.05) is 17.3 Å². The number of fused-ring (bicyclic) bond motifs is 3. The number of benzene rings is 8. The number of rotatable bonds is 8. The van der Waals surface area contributed by atoms with E-state index < -0.39 is 0 Å². The highest BCUT2D eigenvalue weighted by atomic mass is 14.7. The van der Waals surface area contributed by atoms with Crippen molar-refractivity contribution in [3.63, 3.8) is 0 Å². The van der Waals surface area contributed by atoms with Crippen molar-refractivity contribution >= 4 is 62.1 Å². The van der Waals surface area contributed by atoms with E-state index in [4.69, 9.17) is 4.99 Å². The van der Waals surface area contributed by atoms with Gasteiger partial charge in [0.05, 0.1) is 11.4 Å². The van der Waals surface area contributed by atoms with Crippen LogP contribution in [0.25, 0.3) is 66.7 Å². The second kappa shape index (κ2) is 13.7. The lowest BCUT2D eigenvalue weighted by Crippen LogP contribution is -2.15. The quantitative estimate of drug-likeness (QED) is 0.123. The predicted molar refractivity (Wildman–Crippen MR) is 228 cm³/mol.